The lowest BCUT2D eigenvalue weighted by atomic mass is 9.99. The number of nitrogens with zero attached hydrogens (tertiary/aromatic N) is 1. The van der Waals surface area contributed by atoms with Crippen molar-refractivity contribution >= 4 is 29.1 Å². The van der Waals surface area contributed by atoms with Crippen LogP contribution in [0, 0.1) is 13.8 Å². The first kappa shape index (κ1) is 18.5. The van der Waals surface area contributed by atoms with E-state index in [9.17, 15) is 9.59 Å². The molecule has 2 aromatic carbocycles. The van der Waals surface area contributed by atoms with E-state index in [1.165, 1.54) is 16.7 Å². The molecular formula is C22H23NO2S. The quantitative estimate of drug-likeness (QED) is 0.678. The van der Waals surface area contributed by atoms with Crippen LogP contribution in [0.25, 0.3) is 5.57 Å². The zero-order valence-corrected chi connectivity index (χ0v) is 16.2. The minimum absolute atomic E-state index is 0.172. The van der Waals surface area contributed by atoms with Gasteiger partial charge in [-0.05, 0) is 43.5 Å². The van der Waals surface area contributed by atoms with Gasteiger partial charge >= 0.3 is 0 Å². The highest BCUT2D eigenvalue weighted by atomic mass is 32.2. The van der Waals surface area contributed by atoms with Crippen LogP contribution >= 0.6 is 11.8 Å². The third-order valence-electron chi connectivity index (χ3n) is 4.48. The lowest BCUT2D eigenvalue weighted by Gasteiger charge is -2.14. The minimum atomic E-state index is -0.174. The van der Waals surface area contributed by atoms with Crippen LogP contribution in [-0.4, -0.2) is 23.3 Å². The number of imide groups is 1. The van der Waals surface area contributed by atoms with Gasteiger partial charge in [0.05, 0.1) is 10.5 Å². The summed E-state index contributed by atoms with van der Waals surface area (Å²) in [5.74, 6) is -0.346. The normalized spacial score (nSPS) is 14.5. The van der Waals surface area contributed by atoms with Gasteiger partial charge in [-0.2, -0.15) is 0 Å². The molecule has 1 aliphatic heterocycles. The van der Waals surface area contributed by atoms with Crippen molar-refractivity contribution in [2.45, 2.75) is 38.5 Å². The second-order valence-electron chi connectivity index (χ2n) is 6.55. The van der Waals surface area contributed by atoms with Gasteiger partial charge < -0.3 is 0 Å². The number of benzene rings is 2. The van der Waals surface area contributed by atoms with Gasteiger partial charge in [-0.25, -0.2) is 0 Å². The smallest absolute Gasteiger partial charge is 0.268 e. The van der Waals surface area contributed by atoms with Crippen LogP contribution in [0.3, 0.4) is 0 Å². The molecule has 0 atom stereocenters. The number of hydrogen-bond donors (Lipinski definition) is 0. The van der Waals surface area contributed by atoms with Crippen molar-refractivity contribution in [1.82, 2.24) is 4.90 Å². The summed E-state index contributed by atoms with van der Waals surface area (Å²) in [6, 6.07) is 15.8. The van der Waals surface area contributed by atoms with Crippen molar-refractivity contribution in [2.24, 2.45) is 0 Å². The van der Waals surface area contributed by atoms with Crippen molar-refractivity contribution in [2.75, 3.05) is 6.54 Å². The Kier molecular flexibility index (Phi) is 5.62. The molecule has 0 N–H and O–H groups in total. The van der Waals surface area contributed by atoms with Crippen LogP contribution in [0.1, 0.15) is 36.5 Å². The summed E-state index contributed by atoms with van der Waals surface area (Å²) < 4.78 is 0. The van der Waals surface area contributed by atoms with Gasteiger partial charge in [-0.1, -0.05) is 67.1 Å². The van der Waals surface area contributed by atoms with Gasteiger partial charge in [0.1, 0.15) is 0 Å². The Hall–Kier alpha value is -2.33. The van der Waals surface area contributed by atoms with Crippen molar-refractivity contribution in [3.05, 3.63) is 70.1 Å². The number of rotatable bonds is 6. The van der Waals surface area contributed by atoms with E-state index in [1.54, 1.807) is 0 Å². The monoisotopic (exact) mass is 365 g/mol. The molecule has 26 heavy (non-hydrogen) atoms. The van der Waals surface area contributed by atoms with Gasteiger partial charge in [0.15, 0.2) is 0 Å². The van der Waals surface area contributed by atoms with E-state index in [-0.39, 0.29) is 11.8 Å². The second-order valence-corrected chi connectivity index (χ2v) is 7.64. The highest BCUT2D eigenvalue weighted by molar-refractivity contribution is 8.04. The third kappa shape index (κ3) is 3.61. The van der Waals surface area contributed by atoms with Gasteiger partial charge in [0.25, 0.3) is 11.8 Å². The van der Waals surface area contributed by atoms with Crippen LogP contribution in [0.15, 0.2) is 58.3 Å². The standard InChI is InChI=1S/C22H23NO2S/c1-4-5-13-23-21(24)19(18-12-11-15(2)14-16(18)3)20(22(23)25)26-17-9-7-6-8-10-17/h6-12,14H,4-5,13H2,1-3H3. The largest absolute Gasteiger partial charge is 0.274 e. The van der Waals surface area contributed by atoms with E-state index < -0.39 is 0 Å². The molecule has 0 unspecified atom stereocenters. The van der Waals surface area contributed by atoms with Crippen LogP contribution in [-0.2, 0) is 9.59 Å². The Morgan fingerprint density at radius 3 is 2.35 bits per heavy atom. The topological polar surface area (TPSA) is 37.4 Å². The summed E-state index contributed by atoms with van der Waals surface area (Å²) in [7, 11) is 0. The van der Waals surface area contributed by atoms with Crippen LogP contribution in [0.2, 0.25) is 0 Å². The Bertz CT molecular complexity index is 871. The summed E-state index contributed by atoms with van der Waals surface area (Å²) in [6.07, 6.45) is 1.76. The lowest BCUT2D eigenvalue weighted by Crippen LogP contribution is -2.32. The summed E-state index contributed by atoms with van der Waals surface area (Å²) in [5.41, 5.74) is 3.55. The minimum Gasteiger partial charge on any atom is -0.274 e. The fourth-order valence-electron chi connectivity index (χ4n) is 3.11. The number of aryl methyl sites for hydroxylation is 2. The molecule has 0 bridgehead atoms. The first-order valence-electron chi connectivity index (χ1n) is 8.94. The van der Waals surface area contributed by atoms with E-state index in [2.05, 4.69) is 13.0 Å². The molecule has 0 saturated heterocycles. The predicted molar refractivity (Wildman–Crippen MR) is 107 cm³/mol. The summed E-state index contributed by atoms with van der Waals surface area (Å²) >= 11 is 1.38. The second kappa shape index (κ2) is 7.92. The van der Waals surface area contributed by atoms with E-state index in [1.807, 2.05) is 56.3 Å². The Labute approximate surface area is 159 Å². The maximum absolute atomic E-state index is 13.1. The molecule has 3 rings (SSSR count). The molecule has 0 radical (unpaired) electrons. The van der Waals surface area contributed by atoms with E-state index in [0.717, 1.165) is 34.4 Å². The number of carbonyl (C=O) groups is 2. The molecule has 1 aliphatic rings. The summed E-state index contributed by atoms with van der Waals surface area (Å²) in [5, 5.41) is 0. The molecule has 1 heterocycles. The zero-order chi connectivity index (χ0) is 18.7. The Morgan fingerprint density at radius 2 is 1.69 bits per heavy atom. The maximum Gasteiger partial charge on any atom is 0.268 e. The fourth-order valence-corrected chi connectivity index (χ4v) is 4.13. The lowest BCUT2D eigenvalue weighted by molar-refractivity contribution is -0.136. The van der Waals surface area contributed by atoms with E-state index >= 15 is 0 Å². The maximum atomic E-state index is 13.1. The number of amides is 2. The zero-order valence-electron chi connectivity index (χ0n) is 15.4. The SMILES string of the molecule is CCCCN1C(=O)C(Sc2ccccc2)=C(c2ccc(C)cc2C)C1=O. The Morgan fingerprint density at radius 1 is 0.962 bits per heavy atom. The predicted octanol–water partition coefficient (Wildman–Crippen LogP) is 4.98. The van der Waals surface area contributed by atoms with Crippen molar-refractivity contribution in [3.8, 4) is 0 Å². The number of hydrogen-bond acceptors (Lipinski definition) is 3. The first-order chi connectivity index (χ1) is 12.5. The average Bonchev–Trinajstić information content (AvgIpc) is 2.85. The van der Waals surface area contributed by atoms with Gasteiger partial charge in [0, 0.05) is 11.4 Å². The molecule has 0 aliphatic carbocycles. The highest BCUT2D eigenvalue weighted by Crippen LogP contribution is 2.40. The highest BCUT2D eigenvalue weighted by Gasteiger charge is 2.39. The van der Waals surface area contributed by atoms with Gasteiger partial charge in [0.2, 0.25) is 0 Å². The molecule has 134 valence electrons. The van der Waals surface area contributed by atoms with Crippen LogP contribution in [0.5, 0.6) is 0 Å². The Balaban J connectivity index is 2.08. The molecule has 0 aromatic heterocycles. The van der Waals surface area contributed by atoms with Crippen molar-refractivity contribution < 1.29 is 9.59 Å². The van der Waals surface area contributed by atoms with Crippen molar-refractivity contribution in [3.63, 3.8) is 0 Å². The van der Waals surface area contributed by atoms with Gasteiger partial charge in [-0.3, -0.25) is 14.5 Å². The van der Waals surface area contributed by atoms with Crippen LogP contribution < -0.4 is 0 Å². The van der Waals surface area contributed by atoms with E-state index in [4.69, 9.17) is 0 Å². The number of thioether (sulfide) groups is 1. The molecule has 0 saturated carbocycles. The number of unbranched alkanes of at least 4 members (excludes halogenated alkanes) is 1. The summed E-state index contributed by atoms with van der Waals surface area (Å²) in [4.78, 5) is 29.0. The van der Waals surface area contributed by atoms with Crippen LogP contribution in [0.4, 0.5) is 0 Å². The van der Waals surface area contributed by atoms with Gasteiger partial charge in [-0.15, -0.1) is 0 Å². The van der Waals surface area contributed by atoms with E-state index in [0.29, 0.717) is 17.0 Å². The van der Waals surface area contributed by atoms with Crippen molar-refractivity contribution in [1.29, 1.82) is 0 Å². The molecule has 2 aromatic rings. The summed E-state index contributed by atoms with van der Waals surface area (Å²) in [6.45, 7) is 6.55. The average molecular weight is 365 g/mol. The fraction of sp³-hybridized carbons (Fsp3) is 0.273. The number of carbonyl (C=O) groups excluding carboxylic acids is 2. The molecular weight excluding hydrogens is 342 g/mol. The molecule has 4 heteroatoms. The first-order valence-corrected chi connectivity index (χ1v) is 9.75. The molecule has 0 fully saturated rings. The molecule has 2 amide bonds. The molecule has 0 spiro atoms. The molecule has 3 nitrogen and oxygen atoms in total. The third-order valence-corrected chi connectivity index (χ3v) is 5.57.